The van der Waals surface area contributed by atoms with Crippen molar-refractivity contribution in [2.45, 2.75) is 12.6 Å². The van der Waals surface area contributed by atoms with Crippen LogP contribution in [0.2, 0.25) is 0 Å². The van der Waals surface area contributed by atoms with Crippen LogP contribution < -0.4 is 20.2 Å². The summed E-state index contributed by atoms with van der Waals surface area (Å²) in [6.45, 7) is 2.50. The smallest absolute Gasteiger partial charge is 0.184 e. The van der Waals surface area contributed by atoms with Crippen molar-refractivity contribution in [3.63, 3.8) is 0 Å². The number of anilines is 6. The van der Waals surface area contributed by atoms with Gasteiger partial charge in [0.1, 0.15) is 10.0 Å². The van der Waals surface area contributed by atoms with E-state index < -0.39 is 9.52 Å². The lowest BCUT2D eigenvalue weighted by Crippen LogP contribution is -2.26. The second-order valence-electron chi connectivity index (χ2n) is 16.1. The van der Waals surface area contributed by atoms with Crippen LogP contribution in [0.3, 0.4) is 0 Å². The lowest BCUT2D eigenvalue weighted by atomic mass is 10.1. The molecule has 6 nitrogen and oxygen atoms in total. The third kappa shape index (κ3) is 7.41. The van der Waals surface area contributed by atoms with E-state index in [-0.39, 0.29) is 12.6 Å². The Balaban J connectivity index is 0.872. The molecule has 2 aromatic heterocycles. The van der Waals surface area contributed by atoms with Gasteiger partial charge in [-0.05, 0) is 82.2 Å². The van der Waals surface area contributed by atoms with Gasteiger partial charge in [0.25, 0.3) is 0 Å². The quantitative estimate of drug-likeness (QED) is 0.128. The molecule has 63 heavy (non-hydrogen) atoms. The van der Waals surface area contributed by atoms with Crippen molar-refractivity contribution in [1.29, 1.82) is 0 Å². The van der Waals surface area contributed by atoms with Crippen LogP contribution in [0.5, 0.6) is 0 Å². The van der Waals surface area contributed by atoms with Gasteiger partial charge in [0.05, 0.1) is 47.3 Å². The standard InChI is InChI=1S/C54H42N2O4S2Si/c1-3-11-45-35(7-1)9-5-13-47(45)55(41-19-15-37(16-20-41)53-57-27-28-58-53)51-33-39-31-43(23-25-49(39)61-51)63-44-24-26-50-40(32-44)34-52(62-50)56(48-14-6-10-36-8-2-4-12-46(36)48)42-21-17-38(18-22-42)54-59-29-30-60-54/h1-26,31-34,53-54H,27-30,63H2. The van der Waals surface area contributed by atoms with Gasteiger partial charge in [0.2, 0.25) is 0 Å². The number of rotatable bonds is 10. The van der Waals surface area contributed by atoms with Crippen molar-refractivity contribution in [2.75, 3.05) is 36.2 Å². The molecule has 9 heteroatoms. The van der Waals surface area contributed by atoms with Crippen LogP contribution in [0.4, 0.5) is 32.8 Å². The van der Waals surface area contributed by atoms with Gasteiger partial charge in [-0.1, -0.05) is 132 Å². The van der Waals surface area contributed by atoms with Crippen molar-refractivity contribution in [2.24, 2.45) is 0 Å². The Morgan fingerprint density at radius 2 is 0.810 bits per heavy atom. The molecule has 0 spiro atoms. The summed E-state index contributed by atoms with van der Waals surface area (Å²) in [6, 6.07) is 66.7. The zero-order valence-corrected chi connectivity index (χ0v) is 37.4. The molecule has 4 heterocycles. The summed E-state index contributed by atoms with van der Waals surface area (Å²) in [5, 5.41) is 12.6. The van der Waals surface area contributed by atoms with Gasteiger partial charge in [-0.3, -0.25) is 0 Å². The largest absolute Gasteiger partial charge is 0.346 e. The molecular formula is C54H42N2O4S2Si. The molecule has 0 saturated carbocycles. The van der Waals surface area contributed by atoms with E-state index in [4.69, 9.17) is 18.9 Å². The minimum Gasteiger partial charge on any atom is -0.346 e. The monoisotopic (exact) mass is 874 g/mol. The Bertz CT molecular complexity index is 3030. The average Bonchev–Trinajstić information content (AvgIpc) is 4.19. The molecule has 0 atom stereocenters. The number of ether oxygens (including phenoxy) is 4. The molecule has 308 valence electrons. The topological polar surface area (TPSA) is 43.4 Å². The number of hydrogen-bond donors (Lipinski definition) is 0. The number of fused-ring (bicyclic) bond motifs is 4. The third-order valence-corrected chi connectivity index (χ3v) is 16.0. The fourth-order valence-corrected chi connectivity index (χ4v) is 12.8. The molecule has 12 rings (SSSR count). The molecule has 0 unspecified atom stereocenters. The van der Waals surface area contributed by atoms with Gasteiger partial charge in [0, 0.05) is 42.7 Å². The van der Waals surface area contributed by atoms with E-state index in [0.29, 0.717) is 26.4 Å². The van der Waals surface area contributed by atoms with Gasteiger partial charge >= 0.3 is 0 Å². The fourth-order valence-electron chi connectivity index (χ4n) is 9.07. The molecule has 0 bridgehead atoms. The third-order valence-electron chi connectivity index (χ3n) is 12.1. The summed E-state index contributed by atoms with van der Waals surface area (Å²) >= 11 is 3.67. The summed E-state index contributed by atoms with van der Waals surface area (Å²) in [6.07, 6.45) is -0.610. The molecular weight excluding hydrogens is 833 g/mol. The molecule has 2 saturated heterocycles. The van der Waals surface area contributed by atoms with Crippen LogP contribution in [-0.2, 0) is 18.9 Å². The number of thiophene rings is 2. The molecule has 0 aliphatic carbocycles. The van der Waals surface area contributed by atoms with Crippen molar-refractivity contribution in [3.05, 3.63) is 193 Å². The lowest BCUT2D eigenvalue weighted by Gasteiger charge is -2.25. The Labute approximate surface area is 375 Å². The van der Waals surface area contributed by atoms with Crippen LogP contribution in [0.15, 0.2) is 182 Å². The van der Waals surface area contributed by atoms with E-state index in [1.54, 1.807) is 0 Å². The molecule has 2 aliphatic heterocycles. The van der Waals surface area contributed by atoms with Crippen LogP contribution in [-0.4, -0.2) is 35.9 Å². The van der Waals surface area contributed by atoms with Gasteiger partial charge in [-0.2, -0.15) is 0 Å². The second-order valence-corrected chi connectivity index (χ2v) is 20.2. The van der Waals surface area contributed by atoms with E-state index in [2.05, 4.69) is 192 Å². The summed E-state index contributed by atoms with van der Waals surface area (Å²) < 4.78 is 25.8. The van der Waals surface area contributed by atoms with Gasteiger partial charge < -0.3 is 28.7 Å². The highest BCUT2D eigenvalue weighted by Gasteiger charge is 2.23. The maximum Gasteiger partial charge on any atom is 0.184 e. The Morgan fingerprint density at radius 3 is 1.25 bits per heavy atom. The van der Waals surface area contributed by atoms with E-state index in [9.17, 15) is 0 Å². The first-order valence-corrected chi connectivity index (χ1v) is 24.5. The predicted molar refractivity (Wildman–Crippen MR) is 265 cm³/mol. The number of hydrogen-bond acceptors (Lipinski definition) is 8. The minimum absolute atomic E-state index is 0.305. The number of benzene rings is 8. The summed E-state index contributed by atoms with van der Waals surface area (Å²) in [5.41, 5.74) is 6.58. The van der Waals surface area contributed by atoms with Crippen LogP contribution in [0.1, 0.15) is 23.7 Å². The molecule has 0 radical (unpaired) electrons. The lowest BCUT2D eigenvalue weighted by molar-refractivity contribution is -0.0443. The maximum absolute atomic E-state index is 5.82. The van der Waals surface area contributed by atoms with E-state index in [0.717, 1.165) is 33.9 Å². The molecule has 2 fully saturated rings. The van der Waals surface area contributed by atoms with Crippen molar-refractivity contribution >= 4 is 117 Å². The summed E-state index contributed by atoms with van der Waals surface area (Å²) in [7, 11) is -0.779. The molecule has 2 aliphatic rings. The minimum atomic E-state index is -0.779. The van der Waals surface area contributed by atoms with Gasteiger partial charge in [-0.25, -0.2) is 0 Å². The molecule has 0 N–H and O–H groups in total. The van der Waals surface area contributed by atoms with Gasteiger partial charge in [0.15, 0.2) is 12.6 Å². The number of nitrogens with zero attached hydrogens (tertiary/aromatic N) is 2. The molecule has 8 aromatic carbocycles. The zero-order chi connectivity index (χ0) is 41.7. The van der Waals surface area contributed by atoms with Crippen LogP contribution in [0, 0.1) is 0 Å². The highest BCUT2D eigenvalue weighted by molar-refractivity contribution is 7.23. The first-order chi connectivity index (χ1) is 31.2. The highest BCUT2D eigenvalue weighted by Crippen LogP contribution is 2.46. The summed E-state index contributed by atoms with van der Waals surface area (Å²) in [4.78, 5) is 4.81. The Kier molecular flexibility index (Phi) is 10.1. The maximum atomic E-state index is 5.82. The summed E-state index contributed by atoms with van der Waals surface area (Å²) in [5.74, 6) is 0. The molecule has 0 amide bonds. The van der Waals surface area contributed by atoms with Crippen LogP contribution >= 0.6 is 22.7 Å². The Hall–Kier alpha value is -6.14. The molecule has 10 aromatic rings. The predicted octanol–water partition coefficient (Wildman–Crippen LogP) is 12.6. The SMILES string of the molecule is c1ccc2c(N(c3ccc(C4OCCO4)cc3)c3cc4cc([SiH2]c5ccc6sc(N(c7ccc(C8OCCO8)cc7)c7cccc8ccccc78)cc6c5)ccc4s3)cccc2c1. The van der Waals surface area contributed by atoms with Crippen molar-refractivity contribution < 1.29 is 18.9 Å². The van der Waals surface area contributed by atoms with Crippen molar-refractivity contribution in [3.8, 4) is 0 Å². The second kappa shape index (κ2) is 16.5. The van der Waals surface area contributed by atoms with Crippen molar-refractivity contribution in [1.82, 2.24) is 0 Å². The van der Waals surface area contributed by atoms with E-state index >= 15 is 0 Å². The normalized spacial score (nSPS) is 14.7. The average molecular weight is 875 g/mol. The highest BCUT2D eigenvalue weighted by atomic mass is 32.1. The van der Waals surface area contributed by atoms with E-state index in [1.807, 2.05) is 22.7 Å². The van der Waals surface area contributed by atoms with E-state index in [1.165, 1.54) is 62.1 Å². The fraction of sp³-hybridized carbons (Fsp3) is 0.111. The first kappa shape index (κ1) is 38.5. The zero-order valence-electron chi connectivity index (χ0n) is 34.4. The first-order valence-electron chi connectivity index (χ1n) is 21.5. The Morgan fingerprint density at radius 1 is 0.397 bits per heavy atom. The van der Waals surface area contributed by atoms with Crippen LogP contribution in [0.25, 0.3) is 41.7 Å². The van der Waals surface area contributed by atoms with Gasteiger partial charge in [-0.15, -0.1) is 22.7 Å².